The van der Waals surface area contributed by atoms with E-state index < -0.39 is 15.7 Å². The largest absolute Gasteiger partial charge is 0.337 e. The number of para-hydroxylation sites is 1. The van der Waals surface area contributed by atoms with Crippen molar-refractivity contribution in [1.82, 2.24) is 4.57 Å². The van der Waals surface area contributed by atoms with Crippen molar-refractivity contribution < 1.29 is 17.6 Å². The third-order valence-electron chi connectivity index (χ3n) is 4.80. The van der Waals surface area contributed by atoms with Gasteiger partial charge in [-0.05, 0) is 48.0 Å². The number of nitrogens with zero attached hydrogens (tertiary/aromatic N) is 1. The van der Waals surface area contributed by atoms with Gasteiger partial charge in [0.2, 0.25) is 5.91 Å². The molecule has 4 aromatic rings. The summed E-state index contributed by atoms with van der Waals surface area (Å²) in [7, 11) is -3.71. The number of hydrogen-bond acceptors (Lipinski definition) is 3. The van der Waals surface area contributed by atoms with E-state index in [0.29, 0.717) is 22.2 Å². The first-order valence-electron chi connectivity index (χ1n) is 9.42. The smallest absolute Gasteiger partial charge is 0.244 e. The first kappa shape index (κ1) is 21.3. The lowest BCUT2D eigenvalue weighted by Gasteiger charge is -2.07. The number of nitrogens with one attached hydrogen (secondary N) is 1. The number of halogens is 2. The highest BCUT2D eigenvalue weighted by atomic mass is 79.9. The van der Waals surface area contributed by atoms with E-state index in [1.54, 1.807) is 41.0 Å². The van der Waals surface area contributed by atoms with Gasteiger partial charge in [0.1, 0.15) is 12.4 Å². The van der Waals surface area contributed by atoms with E-state index in [1.807, 2.05) is 12.1 Å². The second kappa shape index (κ2) is 8.64. The molecule has 0 bridgehead atoms. The number of rotatable bonds is 6. The summed E-state index contributed by atoms with van der Waals surface area (Å²) in [5.41, 5.74) is 1.78. The summed E-state index contributed by atoms with van der Waals surface area (Å²) >= 11 is 3.35. The van der Waals surface area contributed by atoms with Crippen molar-refractivity contribution in [2.45, 2.75) is 17.2 Å². The van der Waals surface area contributed by atoms with Crippen molar-refractivity contribution in [2.24, 2.45) is 0 Å². The molecule has 31 heavy (non-hydrogen) atoms. The molecule has 0 saturated carbocycles. The number of anilines is 1. The molecule has 0 aliphatic rings. The van der Waals surface area contributed by atoms with Crippen LogP contribution in [-0.4, -0.2) is 18.9 Å². The molecular formula is C23H18BrFN2O3S. The second-order valence-corrected chi connectivity index (χ2v) is 9.95. The lowest BCUT2D eigenvalue weighted by molar-refractivity contribution is -0.116. The van der Waals surface area contributed by atoms with Crippen LogP contribution in [0.3, 0.4) is 0 Å². The molecule has 0 unspecified atom stereocenters. The van der Waals surface area contributed by atoms with E-state index in [0.717, 1.165) is 4.47 Å². The fourth-order valence-electron chi connectivity index (χ4n) is 3.36. The summed E-state index contributed by atoms with van der Waals surface area (Å²) < 4.78 is 41.9. The minimum atomic E-state index is -3.71. The maximum Gasteiger partial charge on any atom is 0.244 e. The molecule has 4 rings (SSSR count). The fourth-order valence-corrected chi connectivity index (χ4v) is 5.20. The highest BCUT2D eigenvalue weighted by Gasteiger charge is 2.22. The van der Waals surface area contributed by atoms with Gasteiger partial charge in [0.25, 0.3) is 0 Å². The molecule has 1 amide bonds. The van der Waals surface area contributed by atoms with Crippen LogP contribution in [0.5, 0.6) is 0 Å². The van der Waals surface area contributed by atoms with E-state index in [1.165, 1.54) is 30.5 Å². The maximum atomic E-state index is 13.2. The van der Waals surface area contributed by atoms with Crippen LogP contribution >= 0.6 is 15.9 Å². The molecule has 5 nitrogen and oxygen atoms in total. The zero-order valence-electron chi connectivity index (χ0n) is 16.3. The first-order chi connectivity index (χ1) is 14.8. The van der Waals surface area contributed by atoms with E-state index in [9.17, 15) is 17.6 Å². The third kappa shape index (κ3) is 4.86. The number of sulfone groups is 1. The van der Waals surface area contributed by atoms with E-state index in [-0.39, 0.29) is 23.1 Å². The summed E-state index contributed by atoms with van der Waals surface area (Å²) in [6, 6.07) is 19.6. The molecule has 158 valence electrons. The van der Waals surface area contributed by atoms with Crippen LogP contribution in [0.1, 0.15) is 5.56 Å². The fraction of sp³-hybridized carbons (Fsp3) is 0.0870. The normalized spacial score (nSPS) is 11.5. The number of hydrogen-bond donors (Lipinski definition) is 1. The molecule has 0 spiro atoms. The van der Waals surface area contributed by atoms with Crippen molar-refractivity contribution in [1.29, 1.82) is 0 Å². The van der Waals surface area contributed by atoms with Crippen LogP contribution in [0.2, 0.25) is 0 Å². The number of carbonyl (C=O) groups is 1. The Bertz CT molecular complexity index is 1350. The third-order valence-corrected chi connectivity index (χ3v) is 7.04. The van der Waals surface area contributed by atoms with Gasteiger partial charge in [0, 0.05) is 27.3 Å². The van der Waals surface area contributed by atoms with Crippen molar-refractivity contribution in [3.05, 3.63) is 94.8 Å². The highest BCUT2D eigenvalue weighted by molar-refractivity contribution is 9.10. The van der Waals surface area contributed by atoms with Crippen molar-refractivity contribution in [2.75, 3.05) is 5.32 Å². The summed E-state index contributed by atoms with van der Waals surface area (Å²) in [5, 5.41) is 3.35. The molecule has 1 heterocycles. The van der Waals surface area contributed by atoms with Gasteiger partial charge < -0.3 is 9.88 Å². The van der Waals surface area contributed by atoms with Crippen LogP contribution < -0.4 is 5.32 Å². The van der Waals surface area contributed by atoms with Crippen LogP contribution in [-0.2, 0) is 26.9 Å². The number of amides is 1. The van der Waals surface area contributed by atoms with Gasteiger partial charge >= 0.3 is 0 Å². The summed E-state index contributed by atoms with van der Waals surface area (Å²) in [5.74, 6) is -0.952. The monoisotopic (exact) mass is 500 g/mol. The highest BCUT2D eigenvalue weighted by Crippen LogP contribution is 2.28. The minimum absolute atomic E-state index is 0.0390. The molecule has 0 aliphatic heterocycles. The Morgan fingerprint density at radius 2 is 1.65 bits per heavy atom. The molecule has 1 aromatic heterocycles. The molecule has 8 heteroatoms. The SMILES string of the molecule is O=C(Cn1cc(S(=O)(=O)Cc2ccc(F)cc2)c2ccccc21)Nc1ccc(Br)cc1. The lowest BCUT2D eigenvalue weighted by atomic mass is 10.2. The first-order valence-corrected chi connectivity index (χ1v) is 11.9. The molecule has 0 fully saturated rings. The van der Waals surface area contributed by atoms with E-state index >= 15 is 0 Å². The van der Waals surface area contributed by atoms with Crippen molar-refractivity contribution >= 4 is 48.3 Å². The average molecular weight is 501 g/mol. The number of aromatic nitrogens is 1. The van der Waals surface area contributed by atoms with Gasteiger partial charge in [-0.3, -0.25) is 4.79 Å². The van der Waals surface area contributed by atoms with E-state index in [2.05, 4.69) is 21.2 Å². The van der Waals surface area contributed by atoms with Crippen molar-refractivity contribution in [3.63, 3.8) is 0 Å². The Labute approximate surface area is 187 Å². The Kier molecular flexibility index (Phi) is 5.93. The summed E-state index contributed by atoms with van der Waals surface area (Å²) in [4.78, 5) is 12.7. The van der Waals surface area contributed by atoms with Crippen LogP contribution in [0, 0.1) is 5.82 Å². The van der Waals surface area contributed by atoms with Gasteiger partial charge in [-0.1, -0.05) is 46.3 Å². The van der Waals surface area contributed by atoms with Gasteiger partial charge in [0.15, 0.2) is 9.84 Å². The van der Waals surface area contributed by atoms with E-state index in [4.69, 9.17) is 0 Å². The van der Waals surface area contributed by atoms with Crippen LogP contribution in [0.15, 0.2) is 88.4 Å². The predicted octanol–water partition coefficient (Wildman–Crippen LogP) is 5.16. The van der Waals surface area contributed by atoms with Gasteiger partial charge in [-0.2, -0.15) is 0 Å². The second-order valence-electron chi connectivity index (χ2n) is 7.08. The van der Waals surface area contributed by atoms with Crippen LogP contribution in [0.4, 0.5) is 10.1 Å². The lowest BCUT2D eigenvalue weighted by Crippen LogP contribution is -2.18. The molecule has 1 N–H and O–H groups in total. The molecule has 0 atom stereocenters. The predicted molar refractivity (Wildman–Crippen MR) is 122 cm³/mol. The Morgan fingerprint density at radius 1 is 0.968 bits per heavy atom. The molecule has 0 saturated heterocycles. The quantitative estimate of drug-likeness (QED) is 0.397. The Hall–Kier alpha value is -2.97. The zero-order chi connectivity index (χ0) is 22.0. The van der Waals surface area contributed by atoms with Gasteiger partial charge in [0.05, 0.1) is 10.6 Å². The number of carbonyl (C=O) groups excluding carboxylic acids is 1. The Morgan fingerprint density at radius 3 is 2.35 bits per heavy atom. The molecular weight excluding hydrogens is 483 g/mol. The number of fused-ring (bicyclic) bond motifs is 1. The van der Waals surface area contributed by atoms with Gasteiger partial charge in [-0.15, -0.1) is 0 Å². The molecule has 0 radical (unpaired) electrons. The average Bonchev–Trinajstić information content (AvgIpc) is 3.11. The Balaban J connectivity index is 1.63. The molecule has 3 aromatic carbocycles. The van der Waals surface area contributed by atoms with Crippen molar-refractivity contribution in [3.8, 4) is 0 Å². The topological polar surface area (TPSA) is 68.2 Å². The molecule has 0 aliphatic carbocycles. The standard InChI is InChI=1S/C23H18BrFN2O3S/c24-17-7-11-19(12-8-17)26-23(28)14-27-13-22(20-3-1-2-4-21(20)27)31(29,30)15-16-5-9-18(25)10-6-16/h1-13H,14-15H2,(H,26,28). The zero-order valence-corrected chi connectivity index (χ0v) is 18.7. The number of benzene rings is 3. The van der Waals surface area contributed by atoms with Gasteiger partial charge in [-0.25, -0.2) is 12.8 Å². The minimum Gasteiger partial charge on any atom is -0.337 e. The van der Waals surface area contributed by atoms with Crippen LogP contribution in [0.25, 0.3) is 10.9 Å². The summed E-state index contributed by atoms with van der Waals surface area (Å²) in [6.07, 6.45) is 1.49. The summed E-state index contributed by atoms with van der Waals surface area (Å²) in [6.45, 7) is -0.0390. The maximum absolute atomic E-state index is 13.2.